The third-order valence-corrected chi connectivity index (χ3v) is 6.35. The van der Waals surface area contributed by atoms with E-state index in [4.69, 9.17) is 9.47 Å². The van der Waals surface area contributed by atoms with Crippen LogP contribution in [-0.2, 0) is 16.7 Å². The van der Waals surface area contributed by atoms with Gasteiger partial charge in [-0.2, -0.15) is 0 Å². The molecule has 0 aromatic heterocycles. The minimum absolute atomic E-state index is 0.0465. The number of phenols is 1. The van der Waals surface area contributed by atoms with Gasteiger partial charge in [-0.1, -0.05) is 37.3 Å². The van der Waals surface area contributed by atoms with Gasteiger partial charge in [-0.25, -0.2) is 0 Å². The van der Waals surface area contributed by atoms with Crippen LogP contribution < -0.4 is 10.1 Å². The Morgan fingerprint density at radius 3 is 2.64 bits per heavy atom. The molecule has 0 amide bonds. The lowest BCUT2D eigenvalue weighted by Crippen LogP contribution is -2.83. The highest BCUT2D eigenvalue weighted by Crippen LogP contribution is 2.47. The van der Waals surface area contributed by atoms with Crippen molar-refractivity contribution in [2.75, 3.05) is 20.3 Å². The van der Waals surface area contributed by atoms with Gasteiger partial charge in [-0.05, 0) is 44.4 Å². The average molecular weight is 385 g/mol. The molecule has 28 heavy (non-hydrogen) atoms. The van der Waals surface area contributed by atoms with Gasteiger partial charge in [-0.3, -0.25) is 0 Å². The molecule has 0 bridgehead atoms. The summed E-state index contributed by atoms with van der Waals surface area (Å²) in [6, 6.07) is 16.0. The molecule has 0 radical (unpaired) electrons. The van der Waals surface area contributed by atoms with Crippen LogP contribution >= 0.6 is 0 Å². The average Bonchev–Trinajstić information content (AvgIpc) is 2.72. The summed E-state index contributed by atoms with van der Waals surface area (Å²) in [5.41, 5.74) is 2.23. The maximum Gasteiger partial charge on any atom is 0.124 e. The first-order valence-electron chi connectivity index (χ1n) is 10.4. The summed E-state index contributed by atoms with van der Waals surface area (Å²) in [6.45, 7) is 7.01. The van der Waals surface area contributed by atoms with Crippen LogP contribution in [-0.4, -0.2) is 31.0 Å². The number of hydrogen-bond donors (Lipinski definition) is 2. The van der Waals surface area contributed by atoms with Crippen molar-refractivity contribution in [3.63, 3.8) is 0 Å². The smallest absolute Gasteiger partial charge is 0.124 e. The van der Waals surface area contributed by atoms with Crippen LogP contribution in [0.5, 0.6) is 11.5 Å². The van der Waals surface area contributed by atoms with E-state index in [1.54, 1.807) is 13.2 Å². The highest BCUT2D eigenvalue weighted by atomic mass is 16.5. The number of hydrogen-bond acceptors (Lipinski definition) is 3. The van der Waals surface area contributed by atoms with E-state index in [0.717, 1.165) is 56.7 Å². The minimum Gasteiger partial charge on any atom is -0.507 e. The van der Waals surface area contributed by atoms with Crippen molar-refractivity contribution in [3.8, 4) is 11.5 Å². The number of ether oxygens (including phenoxy) is 2. The topological polar surface area (TPSA) is 55.3 Å². The number of aromatic hydroxyl groups is 1. The summed E-state index contributed by atoms with van der Waals surface area (Å²) in [7, 11) is 1.76. The number of para-hydroxylation sites is 2. The minimum atomic E-state index is -0.100. The van der Waals surface area contributed by atoms with Crippen molar-refractivity contribution in [2.45, 2.75) is 57.1 Å². The first kappa shape index (κ1) is 20.7. The lowest BCUT2D eigenvalue weighted by Gasteiger charge is -2.46. The molecule has 0 unspecified atom stereocenters. The molecule has 2 atom stereocenters. The molecular formula is C24H34NO3+. The van der Waals surface area contributed by atoms with Gasteiger partial charge in [0.05, 0.1) is 19.3 Å². The van der Waals surface area contributed by atoms with E-state index in [-0.39, 0.29) is 11.0 Å². The van der Waals surface area contributed by atoms with E-state index in [2.05, 4.69) is 37.4 Å². The number of nitrogens with two attached hydrogens (primary N) is 1. The van der Waals surface area contributed by atoms with Crippen LogP contribution in [0.15, 0.2) is 48.5 Å². The third-order valence-electron chi connectivity index (χ3n) is 6.35. The number of quaternary nitrogens is 1. The second kappa shape index (κ2) is 8.97. The van der Waals surface area contributed by atoms with Crippen LogP contribution in [0.2, 0.25) is 0 Å². The van der Waals surface area contributed by atoms with Crippen LogP contribution in [0.25, 0.3) is 0 Å². The lowest BCUT2D eigenvalue weighted by atomic mass is 9.66. The second-order valence-corrected chi connectivity index (χ2v) is 8.22. The van der Waals surface area contributed by atoms with E-state index in [1.165, 1.54) is 5.56 Å². The zero-order valence-electron chi connectivity index (χ0n) is 17.4. The van der Waals surface area contributed by atoms with Gasteiger partial charge in [0, 0.05) is 29.6 Å². The standard InChI is InChI=1S/C24H33NO3/c1-4-23(2)18-24(14-16-28-23,20-10-6-8-12-22(20)27-3)13-15-25-17-19-9-5-7-11-21(19)26/h5-12,25-26H,4,13-18H2,1-3H3/p+1/t23-,24-/m0/s1. The Bertz CT molecular complexity index is 778. The van der Waals surface area contributed by atoms with Crippen LogP contribution in [0, 0.1) is 0 Å². The van der Waals surface area contributed by atoms with E-state index in [0.29, 0.717) is 5.75 Å². The molecule has 2 aromatic carbocycles. The zero-order chi connectivity index (χ0) is 20.0. The van der Waals surface area contributed by atoms with Crippen LogP contribution in [0.3, 0.4) is 0 Å². The van der Waals surface area contributed by atoms with E-state index in [9.17, 15) is 5.11 Å². The summed E-state index contributed by atoms with van der Waals surface area (Å²) >= 11 is 0. The predicted molar refractivity (Wildman–Crippen MR) is 112 cm³/mol. The molecule has 2 aromatic rings. The first-order chi connectivity index (χ1) is 13.5. The van der Waals surface area contributed by atoms with Gasteiger partial charge >= 0.3 is 0 Å². The molecule has 1 heterocycles. The largest absolute Gasteiger partial charge is 0.507 e. The Balaban J connectivity index is 1.78. The van der Waals surface area contributed by atoms with Gasteiger partial charge < -0.3 is 19.9 Å². The summed E-state index contributed by atoms with van der Waals surface area (Å²) in [4.78, 5) is 0. The molecule has 1 fully saturated rings. The van der Waals surface area contributed by atoms with Crippen molar-refractivity contribution in [1.82, 2.24) is 0 Å². The fourth-order valence-corrected chi connectivity index (χ4v) is 4.56. The number of phenolic OH excluding ortho intramolecular Hbond substituents is 1. The number of methoxy groups -OCH3 is 1. The van der Waals surface area contributed by atoms with Gasteiger partial charge in [0.1, 0.15) is 18.0 Å². The third kappa shape index (κ3) is 4.50. The molecule has 0 aliphatic carbocycles. The Labute approximate surface area is 168 Å². The molecule has 0 spiro atoms. The van der Waals surface area contributed by atoms with Crippen LogP contribution in [0.1, 0.15) is 50.7 Å². The normalized spacial score (nSPS) is 24.8. The quantitative estimate of drug-likeness (QED) is 0.681. The number of rotatable bonds is 8. The van der Waals surface area contributed by atoms with Crippen molar-refractivity contribution in [2.24, 2.45) is 0 Å². The summed E-state index contributed by atoms with van der Waals surface area (Å²) in [6.07, 6.45) is 4.07. The van der Waals surface area contributed by atoms with Gasteiger partial charge in [0.15, 0.2) is 0 Å². The number of benzene rings is 2. The highest BCUT2D eigenvalue weighted by Gasteiger charge is 2.44. The Morgan fingerprint density at radius 2 is 1.89 bits per heavy atom. The molecular weight excluding hydrogens is 350 g/mol. The van der Waals surface area contributed by atoms with E-state index < -0.39 is 0 Å². The molecule has 1 aliphatic heterocycles. The van der Waals surface area contributed by atoms with Crippen LogP contribution in [0.4, 0.5) is 0 Å². The van der Waals surface area contributed by atoms with Gasteiger partial charge in [0.25, 0.3) is 0 Å². The molecule has 4 nitrogen and oxygen atoms in total. The van der Waals surface area contributed by atoms with Gasteiger partial charge in [0.2, 0.25) is 0 Å². The van der Waals surface area contributed by atoms with Crippen molar-refractivity contribution in [1.29, 1.82) is 0 Å². The maximum absolute atomic E-state index is 10.0. The summed E-state index contributed by atoms with van der Waals surface area (Å²) < 4.78 is 11.9. The molecule has 152 valence electrons. The first-order valence-corrected chi connectivity index (χ1v) is 10.4. The van der Waals surface area contributed by atoms with Crippen molar-refractivity contribution in [3.05, 3.63) is 59.7 Å². The molecule has 3 rings (SSSR count). The molecule has 0 saturated carbocycles. The predicted octanol–water partition coefficient (Wildman–Crippen LogP) is 3.77. The molecule has 1 saturated heterocycles. The SMILES string of the molecule is CC[C@@]1(C)C[C@@](CC[NH2+]Cc2ccccc2O)(c2ccccc2OC)CCO1. The summed E-state index contributed by atoms with van der Waals surface area (Å²) in [5, 5.41) is 12.3. The Hall–Kier alpha value is -2.04. The molecule has 4 heteroatoms. The fraction of sp³-hybridized carbons (Fsp3) is 0.500. The Morgan fingerprint density at radius 1 is 1.14 bits per heavy atom. The highest BCUT2D eigenvalue weighted by molar-refractivity contribution is 5.40. The second-order valence-electron chi connectivity index (χ2n) is 8.22. The Kier molecular flexibility index (Phi) is 6.63. The van der Waals surface area contributed by atoms with E-state index >= 15 is 0 Å². The van der Waals surface area contributed by atoms with Crippen molar-refractivity contribution < 1.29 is 19.9 Å². The maximum atomic E-state index is 10.0. The molecule has 1 aliphatic rings. The van der Waals surface area contributed by atoms with Crippen molar-refractivity contribution >= 4 is 0 Å². The zero-order valence-corrected chi connectivity index (χ0v) is 17.4. The molecule has 3 N–H and O–H groups in total. The monoisotopic (exact) mass is 384 g/mol. The fourth-order valence-electron chi connectivity index (χ4n) is 4.56. The lowest BCUT2D eigenvalue weighted by molar-refractivity contribution is -0.672. The van der Waals surface area contributed by atoms with Gasteiger partial charge in [-0.15, -0.1) is 0 Å². The summed E-state index contributed by atoms with van der Waals surface area (Å²) in [5.74, 6) is 1.35. The van der Waals surface area contributed by atoms with E-state index in [1.807, 2.05) is 24.3 Å².